The van der Waals surface area contributed by atoms with Crippen molar-refractivity contribution in [1.29, 1.82) is 0 Å². The van der Waals surface area contributed by atoms with Gasteiger partial charge in [0.2, 0.25) is 0 Å². The molecular formula is C19H26N4O. The lowest BCUT2D eigenvalue weighted by atomic mass is 10.1. The Labute approximate surface area is 144 Å². The monoisotopic (exact) mass is 326 g/mol. The van der Waals surface area contributed by atoms with Crippen molar-refractivity contribution in [3.63, 3.8) is 0 Å². The Hall–Kier alpha value is -2.40. The van der Waals surface area contributed by atoms with Crippen molar-refractivity contribution in [2.75, 3.05) is 26.7 Å². The number of rotatable bonds is 8. The zero-order chi connectivity index (χ0) is 17.0. The van der Waals surface area contributed by atoms with Gasteiger partial charge in [0.1, 0.15) is 0 Å². The lowest BCUT2D eigenvalue weighted by Crippen LogP contribution is -2.39. The number of hydrogen-bond acceptors (Lipinski definition) is 3. The SMILES string of the molecule is CN=C(NCCOCc1ccccc1)NCCc1ccncc1C. The summed E-state index contributed by atoms with van der Waals surface area (Å²) in [5, 5.41) is 6.57. The van der Waals surface area contributed by atoms with Crippen LogP contribution in [0.4, 0.5) is 0 Å². The molecule has 0 amide bonds. The summed E-state index contributed by atoms with van der Waals surface area (Å²) in [4.78, 5) is 8.34. The minimum absolute atomic E-state index is 0.635. The van der Waals surface area contributed by atoms with E-state index in [-0.39, 0.29) is 0 Å². The van der Waals surface area contributed by atoms with E-state index in [9.17, 15) is 0 Å². The van der Waals surface area contributed by atoms with Gasteiger partial charge in [-0.05, 0) is 36.1 Å². The maximum atomic E-state index is 5.65. The number of aromatic nitrogens is 1. The number of guanidine groups is 1. The van der Waals surface area contributed by atoms with Crippen LogP contribution in [0.5, 0.6) is 0 Å². The molecule has 128 valence electrons. The molecule has 0 aliphatic heterocycles. The average Bonchev–Trinajstić information content (AvgIpc) is 2.62. The van der Waals surface area contributed by atoms with Crippen molar-refractivity contribution in [2.24, 2.45) is 4.99 Å². The van der Waals surface area contributed by atoms with Gasteiger partial charge in [0, 0.05) is 32.5 Å². The molecular weight excluding hydrogens is 300 g/mol. The molecule has 0 unspecified atom stereocenters. The van der Waals surface area contributed by atoms with Crippen LogP contribution in [0, 0.1) is 6.92 Å². The topological polar surface area (TPSA) is 58.5 Å². The van der Waals surface area contributed by atoms with Crippen LogP contribution in [0.25, 0.3) is 0 Å². The second-order valence-corrected chi connectivity index (χ2v) is 5.52. The molecule has 5 nitrogen and oxygen atoms in total. The highest BCUT2D eigenvalue weighted by Crippen LogP contribution is 2.04. The molecule has 0 atom stereocenters. The quantitative estimate of drug-likeness (QED) is 0.444. The van der Waals surface area contributed by atoms with E-state index in [2.05, 4.69) is 45.7 Å². The average molecular weight is 326 g/mol. The Morgan fingerprint density at radius 1 is 1.12 bits per heavy atom. The number of nitrogens with zero attached hydrogens (tertiary/aromatic N) is 2. The Morgan fingerprint density at radius 2 is 1.92 bits per heavy atom. The predicted molar refractivity (Wildman–Crippen MR) is 98.1 cm³/mol. The predicted octanol–water partition coefficient (Wildman–Crippen LogP) is 2.31. The van der Waals surface area contributed by atoms with Crippen LogP contribution in [0.15, 0.2) is 53.8 Å². The van der Waals surface area contributed by atoms with E-state index < -0.39 is 0 Å². The first-order valence-electron chi connectivity index (χ1n) is 8.25. The summed E-state index contributed by atoms with van der Waals surface area (Å²) in [6, 6.07) is 12.2. The van der Waals surface area contributed by atoms with Gasteiger partial charge in [-0.15, -0.1) is 0 Å². The third-order valence-corrected chi connectivity index (χ3v) is 3.70. The summed E-state index contributed by atoms with van der Waals surface area (Å²) in [5.41, 5.74) is 3.71. The highest BCUT2D eigenvalue weighted by molar-refractivity contribution is 5.79. The maximum Gasteiger partial charge on any atom is 0.191 e. The fourth-order valence-electron chi connectivity index (χ4n) is 2.32. The van der Waals surface area contributed by atoms with E-state index in [1.807, 2.05) is 30.6 Å². The highest BCUT2D eigenvalue weighted by atomic mass is 16.5. The third-order valence-electron chi connectivity index (χ3n) is 3.70. The van der Waals surface area contributed by atoms with Crippen LogP contribution in [0.1, 0.15) is 16.7 Å². The molecule has 0 radical (unpaired) electrons. The first-order valence-corrected chi connectivity index (χ1v) is 8.25. The molecule has 0 aliphatic rings. The van der Waals surface area contributed by atoms with Crippen molar-refractivity contribution in [3.8, 4) is 0 Å². The molecule has 1 heterocycles. The smallest absolute Gasteiger partial charge is 0.191 e. The summed E-state index contributed by atoms with van der Waals surface area (Å²) in [7, 11) is 1.78. The summed E-state index contributed by atoms with van der Waals surface area (Å²) in [6.45, 7) is 4.91. The van der Waals surface area contributed by atoms with Crippen LogP contribution >= 0.6 is 0 Å². The van der Waals surface area contributed by atoms with Crippen molar-refractivity contribution in [1.82, 2.24) is 15.6 Å². The second-order valence-electron chi connectivity index (χ2n) is 5.52. The largest absolute Gasteiger partial charge is 0.375 e. The van der Waals surface area contributed by atoms with Gasteiger partial charge in [-0.3, -0.25) is 9.98 Å². The zero-order valence-electron chi connectivity index (χ0n) is 14.5. The lowest BCUT2D eigenvalue weighted by molar-refractivity contribution is 0.125. The summed E-state index contributed by atoms with van der Waals surface area (Å²) in [5.74, 6) is 0.796. The van der Waals surface area contributed by atoms with Gasteiger partial charge in [-0.25, -0.2) is 0 Å². The van der Waals surface area contributed by atoms with Gasteiger partial charge >= 0.3 is 0 Å². The number of aryl methyl sites for hydroxylation is 1. The Morgan fingerprint density at radius 3 is 2.67 bits per heavy atom. The first-order chi connectivity index (χ1) is 11.8. The first kappa shape index (κ1) is 17.9. The van der Waals surface area contributed by atoms with E-state index in [0.717, 1.165) is 25.5 Å². The Kier molecular flexibility index (Phi) is 7.77. The van der Waals surface area contributed by atoms with Gasteiger partial charge in [0.05, 0.1) is 13.2 Å². The van der Waals surface area contributed by atoms with Crippen molar-refractivity contribution in [3.05, 3.63) is 65.5 Å². The van der Waals surface area contributed by atoms with Crippen LogP contribution in [0.2, 0.25) is 0 Å². The molecule has 0 saturated heterocycles. The number of benzene rings is 1. The molecule has 0 spiro atoms. The standard InChI is InChI=1S/C19H26N4O/c1-16-14-21-10-8-18(16)9-11-22-19(20-2)23-12-13-24-15-17-6-4-3-5-7-17/h3-8,10,14H,9,11-13,15H2,1-2H3,(H2,20,22,23). The van der Waals surface area contributed by atoms with E-state index in [4.69, 9.17) is 4.74 Å². The third kappa shape index (κ3) is 6.38. The molecule has 2 N–H and O–H groups in total. The molecule has 24 heavy (non-hydrogen) atoms. The van der Waals surface area contributed by atoms with E-state index in [1.54, 1.807) is 7.05 Å². The zero-order valence-corrected chi connectivity index (χ0v) is 14.5. The molecule has 0 bridgehead atoms. The number of ether oxygens (including phenoxy) is 1. The van der Waals surface area contributed by atoms with E-state index in [1.165, 1.54) is 16.7 Å². The van der Waals surface area contributed by atoms with Crippen LogP contribution in [-0.2, 0) is 17.8 Å². The summed E-state index contributed by atoms with van der Waals surface area (Å²) in [6.07, 6.45) is 4.67. The molecule has 2 aromatic rings. The normalized spacial score (nSPS) is 11.3. The summed E-state index contributed by atoms with van der Waals surface area (Å²) < 4.78 is 5.65. The van der Waals surface area contributed by atoms with Gasteiger partial charge in [0.15, 0.2) is 5.96 Å². The lowest BCUT2D eigenvalue weighted by Gasteiger charge is -2.12. The Balaban J connectivity index is 1.60. The second kappa shape index (κ2) is 10.4. The molecule has 1 aromatic heterocycles. The van der Waals surface area contributed by atoms with Crippen LogP contribution < -0.4 is 10.6 Å². The fraction of sp³-hybridized carbons (Fsp3) is 0.368. The van der Waals surface area contributed by atoms with Crippen molar-refractivity contribution in [2.45, 2.75) is 20.0 Å². The molecule has 5 heteroatoms. The van der Waals surface area contributed by atoms with Gasteiger partial charge in [-0.1, -0.05) is 30.3 Å². The van der Waals surface area contributed by atoms with Gasteiger partial charge < -0.3 is 15.4 Å². The fourth-order valence-corrected chi connectivity index (χ4v) is 2.32. The number of hydrogen-bond donors (Lipinski definition) is 2. The number of aliphatic imine (C=N–C) groups is 1. The van der Waals surface area contributed by atoms with Crippen LogP contribution in [0.3, 0.4) is 0 Å². The minimum atomic E-state index is 0.635. The number of nitrogens with one attached hydrogen (secondary N) is 2. The molecule has 1 aromatic carbocycles. The maximum absolute atomic E-state index is 5.65. The Bertz CT molecular complexity index is 628. The van der Waals surface area contributed by atoms with Crippen LogP contribution in [-0.4, -0.2) is 37.7 Å². The van der Waals surface area contributed by atoms with Crippen molar-refractivity contribution >= 4 is 5.96 Å². The van der Waals surface area contributed by atoms with Gasteiger partial charge in [-0.2, -0.15) is 0 Å². The molecule has 0 fully saturated rings. The molecule has 2 rings (SSSR count). The van der Waals surface area contributed by atoms with E-state index >= 15 is 0 Å². The molecule has 0 aliphatic carbocycles. The number of pyridine rings is 1. The molecule has 0 saturated carbocycles. The van der Waals surface area contributed by atoms with E-state index in [0.29, 0.717) is 13.2 Å². The minimum Gasteiger partial charge on any atom is -0.375 e. The summed E-state index contributed by atoms with van der Waals surface area (Å²) >= 11 is 0. The van der Waals surface area contributed by atoms with Crippen molar-refractivity contribution < 1.29 is 4.74 Å². The highest BCUT2D eigenvalue weighted by Gasteiger charge is 2.00. The van der Waals surface area contributed by atoms with Gasteiger partial charge in [0.25, 0.3) is 0 Å².